The van der Waals surface area contributed by atoms with E-state index in [-0.39, 0.29) is 22.4 Å². The number of ether oxygens (including phenoxy) is 1. The molecule has 0 unspecified atom stereocenters. The minimum Gasteiger partial charge on any atom is -0.497 e. The molecule has 3 aromatic rings. The number of aromatic amines is 1. The molecule has 0 saturated carbocycles. The molecule has 10 nitrogen and oxygen atoms in total. The van der Waals surface area contributed by atoms with E-state index in [0.29, 0.717) is 22.7 Å². The van der Waals surface area contributed by atoms with Crippen LogP contribution in [0.1, 0.15) is 5.56 Å². The molecule has 0 radical (unpaired) electrons. The average Bonchev–Trinajstić information content (AvgIpc) is 3.08. The molecule has 3 rings (SSSR count). The van der Waals surface area contributed by atoms with E-state index in [0.717, 1.165) is 11.8 Å². The highest BCUT2D eigenvalue weighted by Gasteiger charge is 2.25. The van der Waals surface area contributed by atoms with Crippen LogP contribution in [0.15, 0.2) is 56.8 Å². The number of non-ortho nitro benzene ring substituents is 1. The summed E-state index contributed by atoms with van der Waals surface area (Å²) >= 11 is 1.00. The lowest BCUT2D eigenvalue weighted by Gasteiger charge is -2.07. The monoisotopic (exact) mass is 417 g/mol. The van der Waals surface area contributed by atoms with Crippen molar-refractivity contribution in [3.8, 4) is 11.4 Å². The Hall–Kier alpha value is -3.60. The van der Waals surface area contributed by atoms with E-state index in [2.05, 4.69) is 10.6 Å². The Balaban J connectivity index is 1.70. The van der Waals surface area contributed by atoms with E-state index in [9.17, 15) is 19.7 Å². The lowest BCUT2D eigenvalue weighted by atomic mass is 10.2. The quantitative estimate of drug-likeness (QED) is 0.261. The number of benzene rings is 2. The average molecular weight is 417 g/mol. The number of thioether (sulfide) groups is 1. The second-order valence-electron chi connectivity index (χ2n) is 5.91. The molecule has 0 bridgehead atoms. The smallest absolute Gasteiger partial charge is 0.442 e. The molecule has 1 heterocycles. The van der Waals surface area contributed by atoms with Gasteiger partial charge in [-0.1, -0.05) is 0 Å². The van der Waals surface area contributed by atoms with Crippen LogP contribution < -0.4 is 20.4 Å². The lowest BCUT2D eigenvalue weighted by molar-refractivity contribution is -0.704. The first-order valence-corrected chi connectivity index (χ1v) is 9.33. The number of H-pyrrole nitrogens is 1. The summed E-state index contributed by atoms with van der Waals surface area (Å²) in [5.41, 5.74) is 0.994. The Bertz CT molecular complexity index is 1110. The molecule has 150 valence electrons. The van der Waals surface area contributed by atoms with E-state index in [1.54, 1.807) is 38.3 Å². The summed E-state index contributed by atoms with van der Waals surface area (Å²) in [6.07, 6.45) is 0. The number of nitrogens with zero attached hydrogens (tertiary/aromatic N) is 2. The van der Waals surface area contributed by atoms with Gasteiger partial charge in [0.05, 0.1) is 17.8 Å². The minimum absolute atomic E-state index is 0.0552. The zero-order valence-corrected chi connectivity index (χ0v) is 16.3. The molecule has 2 aromatic carbocycles. The van der Waals surface area contributed by atoms with Crippen molar-refractivity contribution in [2.75, 3.05) is 18.2 Å². The standard InChI is InChI=1S/C18H16N4O6S/c1-11-9-13(22(25)26)5-8-15(11)19-16(23)10-29-17-18(24)28-20-21(17)12-3-6-14(27-2)7-4-12/h3-9H,10H2,1-2H3,(H-,19,20,23,24)/p+1. The summed E-state index contributed by atoms with van der Waals surface area (Å²) in [7, 11) is 1.55. The molecular weight excluding hydrogens is 400 g/mol. The highest BCUT2D eigenvalue weighted by atomic mass is 32.2. The maximum atomic E-state index is 12.3. The van der Waals surface area contributed by atoms with E-state index in [1.165, 1.54) is 22.9 Å². The lowest BCUT2D eigenvalue weighted by Crippen LogP contribution is -2.36. The van der Waals surface area contributed by atoms with Crippen molar-refractivity contribution in [1.82, 2.24) is 5.27 Å². The van der Waals surface area contributed by atoms with Gasteiger partial charge in [0.15, 0.2) is 0 Å². The number of aryl methyl sites for hydroxylation is 1. The zero-order chi connectivity index (χ0) is 21.0. The number of methoxy groups -OCH3 is 1. The van der Waals surface area contributed by atoms with Crippen LogP contribution in [0.2, 0.25) is 0 Å². The predicted octanol–water partition coefficient (Wildman–Crippen LogP) is 2.20. The van der Waals surface area contributed by atoms with Gasteiger partial charge in [0.2, 0.25) is 11.6 Å². The van der Waals surface area contributed by atoms with Crippen molar-refractivity contribution in [2.45, 2.75) is 11.9 Å². The van der Waals surface area contributed by atoms with E-state index < -0.39 is 10.5 Å². The highest BCUT2D eigenvalue weighted by molar-refractivity contribution is 7.99. The predicted molar refractivity (Wildman–Crippen MR) is 105 cm³/mol. The molecule has 0 aliphatic rings. The summed E-state index contributed by atoms with van der Waals surface area (Å²) < 4.78 is 11.4. The number of nitro groups is 1. The van der Waals surface area contributed by atoms with E-state index >= 15 is 0 Å². The third-order valence-electron chi connectivity index (χ3n) is 3.97. The molecule has 2 N–H and O–H groups in total. The van der Waals surface area contributed by atoms with Crippen LogP contribution in [0.5, 0.6) is 5.75 Å². The van der Waals surface area contributed by atoms with Crippen molar-refractivity contribution in [3.05, 3.63) is 68.6 Å². The molecule has 1 amide bonds. The van der Waals surface area contributed by atoms with Crippen molar-refractivity contribution >= 4 is 29.0 Å². The third-order valence-corrected chi connectivity index (χ3v) is 5.00. The van der Waals surface area contributed by atoms with Gasteiger partial charge in [0.25, 0.3) is 5.69 Å². The molecule has 29 heavy (non-hydrogen) atoms. The molecule has 0 saturated heterocycles. The van der Waals surface area contributed by atoms with Gasteiger partial charge in [-0.2, -0.15) is 0 Å². The summed E-state index contributed by atoms with van der Waals surface area (Å²) in [5, 5.41) is 16.2. The topological polar surface area (TPSA) is 131 Å². The van der Waals surface area contributed by atoms with Gasteiger partial charge in [-0.05, 0) is 52.4 Å². The molecule has 1 aromatic heterocycles. The minimum atomic E-state index is -0.606. The third kappa shape index (κ3) is 4.63. The number of anilines is 1. The molecule has 0 fully saturated rings. The number of nitrogens with one attached hydrogen (secondary N) is 2. The van der Waals surface area contributed by atoms with Gasteiger partial charge in [0, 0.05) is 30.0 Å². The maximum absolute atomic E-state index is 12.3. The van der Waals surface area contributed by atoms with Gasteiger partial charge in [-0.15, -0.1) is 0 Å². The number of hydrogen-bond donors (Lipinski definition) is 2. The van der Waals surface area contributed by atoms with E-state index in [4.69, 9.17) is 9.26 Å². The van der Waals surface area contributed by atoms with Gasteiger partial charge >= 0.3 is 10.7 Å². The van der Waals surface area contributed by atoms with Crippen LogP contribution in [-0.2, 0) is 4.79 Å². The van der Waals surface area contributed by atoms with Crippen LogP contribution in [0.3, 0.4) is 0 Å². The fourth-order valence-corrected chi connectivity index (χ4v) is 3.28. The van der Waals surface area contributed by atoms with Crippen molar-refractivity contribution in [1.29, 1.82) is 0 Å². The summed E-state index contributed by atoms with van der Waals surface area (Å²) in [4.78, 5) is 34.6. The van der Waals surface area contributed by atoms with Gasteiger partial charge in [-0.25, -0.2) is 4.79 Å². The van der Waals surface area contributed by atoms with Gasteiger partial charge in [0.1, 0.15) is 5.75 Å². The number of carbonyl (C=O) groups is 1. The first-order valence-electron chi connectivity index (χ1n) is 8.34. The van der Waals surface area contributed by atoms with Crippen LogP contribution in [0.25, 0.3) is 5.69 Å². The van der Waals surface area contributed by atoms with Gasteiger partial charge < -0.3 is 10.1 Å². The second kappa shape index (κ2) is 8.61. The Morgan fingerprint density at radius 1 is 1.31 bits per heavy atom. The Labute approximate surface area is 168 Å². The number of nitro benzene ring substituents is 1. The number of aromatic nitrogens is 2. The fraction of sp³-hybridized carbons (Fsp3) is 0.167. The number of hydrogen-bond acceptors (Lipinski definition) is 7. The van der Waals surface area contributed by atoms with E-state index in [1.807, 2.05) is 0 Å². The first kappa shape index (κ1) is 20.1. The van der Waals surface area contributed by atoms with Crippen molar-refractivity contribution in [2.24, 2.45) is 0 Å². The summed E-state index contributed by atoms with van der Waals surface area (Å²) in [6.45, 7) is 1.66. The zero-order valence-electron chi connectivity index (χ0n) is 15.5. The van der Waals surface area contributed by atoms with Crippen LogP contribution in [-0.4, -0.2) is 29.0 Å². The fourth-order valence-electron chi connectivity index (χ4n) is 2.51. The second-order valence-corrected chi connectivity index (χ2v) is 6.88. The molecule has 0 spiro atoms. The van der Waals surface area contributed by atoms with Gasteiger partial charge in [-0.3, -0.25) is 19.4 Å². The van der Waals surface area contributed by atoms with Crippen LogP contribution in [0, 0.1) is 17.0 Å². The molecule has 11 heteroatoms. The SMILES string of the molecule is COc1ccc(-[n+]2[nH]oc(=O)c2SCC(=O)Nc2ccc([N+](=O)[O-])cc2C)cc1. The summed E-state index contributed by atoms with van der Waals surface area (Å²) in [6, 6.07) is 11.1. The van der Waals surface area contributed by atoms with Crippen molar-refractivity contribution in [3.63, 3.8) is 0 Å². The van der Waals surface area contributed by atoms with Crippen LogP contribution in [0.4, 0.5) is 11.4 Å². The first-order chi connectivity index (χ1) is 13.9. The molecule has 0 atom stereocenters. The Kier molecular flexibility index (Phi) is 5.98. The Morgan fingerprint density at radius 3 is 2.66 bits per heavy atom. The number of rotatable bonds is 7. The summed E-state index contributed by atoms with van der Waals surface area (Å²) in [5.74, 6) is 0.232. The molecule has 0 aliphatic heterocycles. The van der Waals surface area contributed by atoms with Crippen LogP contribution >= 0.6 is 11.8 Å². The maximum Gasteiger partial charge on any atom is 0.442 e. The van der Waals surface area contributed by atoms with Crippen molar-refractivity contribution < 1.29 is 23.7 Å². The molecule has 0 aliphatic carbocycles. The Morgan fingerprint density at radius 2 is 2.03 bits per heavy atom. The number of carbonyl (C=O) groups excluding carboxylic acids is 1. The normalized spacial score (nSPS) is 10.6. The largest absolute Gasteiger partial charge is 0.497 e. The number of amides is 1. The molecular formula is C18H17N4O6S+. The highest BCUT2D eigenvalue weighted by Crippen LogP contribution is 2.22.